The highest BCUT2D eigenvalue weighted by Gasteiger charge is 2.27. The number of aryl methyl sites for hydroxylation is 1. The fourth-order valence-electron chi connectivity index (χ4n) is 2.42. The summed E-state index contributed by atoms with van der Waals surface area (Å²) in [6.45, 7) is 2.22. The molecule has 1 aliphatic heterocycles. The van der Waals surface area contributed by atoms with Gasteiger partial charge in [0, 0.05) is 12.7 Å². The van der Waals surface area contributed by atoms with Gasteiger partial charge in [0.15, 0.2) is 10.2 Å². The molecule has 3 rings (SSSR count). The molecule has 0 fully saturated rings. The summed E-state index contributed by atoms with van der Waals surface area (Å²) in [5, 5.41) is 12.8. The fourth-order valence-corrected chi connectivity index (χ4v) is 4.06. The van der Waals surface area contributed by atoms with Crippen LogP contribution >= 0.6 is 23.1 Å². The molecule has 0 atom stereocenters. The Balaban J connectivity index is 2.06. The molecule has 0 aliphatic carbocycles. The summed E-state index contributed by atoms with van der Waals surface area (Å²) < 4.78 is 14.4. The maximum absolute atomic E-state index is 13.5. The predicted molar refractivity (Wildman–Crippen MR) is 94.5 cm³/mol. The molecule has 118 valence electrons. The number of nitrogens with zero attached hydrogens (tertiary/aromatic N) is 3. The van der Waals surface area contributed by atoms with Crippen molar-refractivity contribution in [2.75, 3.05) is 30.1 Å². The lowest BCUT2D eigenvalue weighted by molar-refractivity contribution is 0.619. The minimum Gasteiger partial charge on any atom is -0.353 e. The molecule has 2 heterocycles. The molecule has 1 N–H and O–H groups in total. The minimum absolute atomic E-state index is 0.239. The number of hydrogen-bond acceptors (Lipinski definition) is 6. The van der Waals surface area contributed by atoms with Gasteiger partial charge in [-0.2, -0.15) is 5.26 Å². The number of likely N-dealkylation sites (N-methyl/N-ethyl adjacent to an activating group) is 1. The van der Waals surface area contributed by atoms with Crippen molar-refractivity contribution < 1.29 is 4.39 Å². The Bertz CT molecular complexity index is 835. The Kier molecular flexibility index (Phi) is 4.28. The van der Waals surface area contributed by atoms with Crippen molar-refractivity contribution in [3.8, 4) is 6.07 Å². The number of hydrogen-bond donors (Lipinski definition) is 1. The third kappa shape index (κ3) is 2.92. The van der Waals surface area contributed by atoms with Crippen molar-refractivity contribution >= 4 is 40.3 Å². The number of anilines is 2. The van der Waals surface area contributed by atoms with Crippen LogP contribution in [-0.4, -0.2) is 24.8 Å². The van der Waals surface area contributed by atoms with Gasteiger partial charge in [0.25, 0.3) is 0 Å². The third-order valence-corrected chi connectivity index (χ3v) is 5.66. The average Bonchev–Trinajstić information content (AvgIpc) is 2.98. The summed E-state index contributed by atoms with van der Waals surface area (Å²) in [7, 11) is 1.93. The number of nitriles is 1. The van der Waals surface area contributed by atoms with Gasteiger partial charge in [0.2, 0.25) is 0 Å². The highest BCUT2D eigenvalue weighted by Crippen LogP contribution is 2.40. The van der Waals surface area contributed by atoms with Gasteiger partial charge in [-0.3, -0.25) is 0 Å². The summed E-state index contributed by atoms with van der Waals surface area (Å²) >= 11 is 3.14. The maximum Gasteiger partial charge on any atom is 0.152 e. The standard InChI is InChI=1S/C16H15FN4S2/c1-9-6-11(4-5-12(9)17)19-13-10(7-18)8-21(2)15-14(13)23-16(20-15)22-3/h4-6,19H,8H2,1-3H3. The van der Waals surface area contributed by atoms with E-state index in [2.05, 4.69) is 16.4 Å². The molecule has 2 aromatic rings. The van der Waals surface area contributed by atoms with Gasteiger partial charge in [-0.15, -0.1) is 11.3 Å². The van der Waals surface area contributed by atoms with Gasteiger partial charge in [-0.1, -0.05) is 11.8 Å². The van der Waals surface area contributed by atoms with E-state index < -0.39 is 0 Å². The molecule has 0 bridgehead atoms. The van der Waals surface area contributed by atoms with E-state index in [9.17, 15) is 9.65 Å². The second-order valence-corrected chi connectivity index (χ2v) is 7.30. The predicted octanol–water partition coefficient (Wildman–Crippen LogP) is 4.11. The van der Waals surface area contributed by atoms with Crippen LogP contribution in [-0.2, 0) is 0 Å². The molecule has 23 heavy (non-hydrogen) atoms. The van der Waals surface area contributed by atoms with Gasteiger partial charge in [0.1, 0.15) is 5.82 Å². The monoisotopic (exact) mass is 346 g/mol. The molecular formula is C16H15FN4S2. The van der Waals surface area contributed by atoms with Gasteiger partial charge >= 0.3 is 0 Å². The molecule has 1 aromatic carbocycles. The molecular weight excluding hydrogens is 331 g/mol. The summed E-state index contributed by atoms with van der Waals surface area (Å²) in [6, 6.07) is 7.12. The van der Waals surface area contributed by atoms with E-state index in [-0.39, 0.29) is 5.82 Å². The third-order valence-electron chi connectivity index (χ3n) is 3.61. The van der Waals surface area contributed by atoms with Crippen molar-refractivity contribution in [3.63, 3.8) is 0 Å². The Morgan fingerprint density at radius 1 is 1.48 bits per heavy atom. The first kappa shape index (κ1) is 15.8. The van der Waals surface area contributed by atoms with Gasteiger partial charge in [-0.05, 0) is 36.9 Å². The smallest absolute Gasteiger partial charge is 0.152 e. The number of halogens is 1. The zero-order valence-electron chi connectivity index (χ0n) is 13.0. The number of thiazole rings is 1. The molecule has 4 nitrogen and oxygen atoms in total. The molecule has 1 aliphatic rings. The zero-order chi connectivity index (χ0) is 16.6. The number of benzene rings is 1. The normalized spacial score (nSPS) is 13.8. The van der Waals surface area contributed by atoms with Crippen LogP contribution in [0.25, 0.3) is 5.70 Å². The van der Waals surface area contributed by atoms with E-state index in [0.717, 1.165) is 26.4 Å². The molecule has 1 aromatic heterocycles. The quantitative estimate of drug-likeness (QED) is 0.848. The Morgan fingerprint density at radius 3 is 2.91 bits per heavy atom. The molecule has 0 amide bonds. The van der Waals surface area contributed by atoms with Crippen LogP contribution in [0.15, 0.2) is 28.1 Å². The SMILES string of the molecule is CSc1nc2c(s1)C(Nc1ccc(F)c(C)c1)=C(C#N)CN2C. The van der Waals surface area contributed by atoms with Crippen LogP contribution in [0.3, 0.4) is 0 Å². The molecule has 0 saturated carbocycles. The Hall–Kier alpha value is -2.04. The lowest BCUT2D eigenvalue weighted by Crippen LogP contribution is -2.26. The average molecular weight is 346 g/mol. The lowest BCUT2D eigenvalue weighted by atomic mass is 10.1. The van der Waals surface area contributed by atoms with Crippen LogP contribution in [0, 0.1) is 24.1 Å². The second kappa shape index (κ2) is 6.22. The lowest BCUT2D eigenvalue weighted by Gasteiger charge is -2.25. The largest absolute Gasteiger partial charge is 0.353 e. The van der Waals surface area contributed by atoms with E-state index in [1.165, 1.54) is 6.07 Å². The topological polar surface area (TPSA) is 52.0 Å². The van der Waals surface area contributed by atoms with Gasteiger partial charge in [0.05, 0.1) is 28.8 Å². The van der Waals surface area contributed by atoms with Crippen molar-refractivity contribution in [2.24, 2.45) is 0 Å². The van der Waals surface area contributed by atoms with E-state index >= 15 is 0 Å². The Morgan fingerprint density at radius 2 is 2.26 bits per heavy atom. The molecule has 7 heteroatoms. The summed E-state index contributed by atoms with van der Waals surface area (Å²) in [5.74, 6) is 0.635. The van der Waals surface area contributed by atoms with Crippen LogP contribution < -0.4 is 10.2 Å². The van der Waals surface area contributed by atoms with E-state index in [0.29, 0.717) is 17.7 Å². The van der Waals surface area contributed by atoms with Crippen LogP contribution in [0.5, 0.6) is 0 Å². The zero-order valence-corrected chi connectivity index (χ0v) is 14.6. The molecule has 0 saturated heterocycles. The molecule has 0 radical (unpaired) electrons. The Labute approximate surface area is 142 Å². The second-order valence-electron chi connectivity index (χ2n) is 5.25. The van der Waals surface area contributed by atoms with E-state index in [1.54, 1.807) is 42.2 Å². The first-order valence-electron chi connectivity index (χ1n) is 6.96. The highest BCUT2D eigenvalue weighted by molar-refractivity contribution is 8.00. The van der Waals surface area contributed by atoms with Crippen molar-refractivity contribution in [3.05, 3.63) is 40.0 Å². The maximum atomic E-state index is 13.5. The number of nitrogens with one attached hydrogen (secondary N) is 1. The first-order valence-corrected chi connectivity index (χ1v) is 9.00. The summed E-state index contributed by atoms with van der Waals surface area (Å²) in [6.07, 6.45) is 1.98. The van der Waals surface area contributed by atoms with Crippen molar-refractivity contribution in [2.45, 2.75) is 11.3 Å². The number of rotatable bonds is 3. The first-order chi connectivity index (χ1) is 11.0. The summed E-state index contributed by atoms with van der Waals surface area (Å²) in [4.78, 5) is 7.53. The number of aromatic nitrogens is 1. The van der Waals surface area contributed by atoms with Crippen LogP contribution in [0.4, 0.5) is 15.9 Å². The van der Waals surface area contributed by atoms with Gasteiger partial charge < -0.3 is 10.2 Å². The van der Waals surface area contributed by atoms with Crippen LogP contribution in [0.1, 0.15) is 10.4 Å². The molecule has 0 unspecified atom stereocenters. The van der Waals surface area contributed by atoms with Crippen LogP contribution in [0.2, 0.25) is 0 Å². The highest BCUT2D eigenvalue weighted by atomic mass is 32.2. The number of thioether (sulfide) groups is 1. The summed E-state index contributed by atoms with van der Waals surface area (Å²) in [5.41, 5.74) is 2.75. The fraction of sp³-hybridized carbons (Fsp3) is 0.250. The van der Waals surface area contributed by atoms with Crippen molar-refractivity contribution in [1.82, 2.24) is 4.98 Å². The van der Waals surface area contributed by atoms with E-state index in [4.69, 9.17) is 0 Å². The van der Waals surface area contributed by atoms with Gasteiger partial charge in [-0.25, -0.2) is 9.37 Å². The van der Waals surface area contributed by atoms with Crippen molar-refractivity contribution in [1.29, 1.82) is 5.26 Å². The minimum atomic E-state index is -0.239. The molecule has 0 spiro atoms. The number of fused-ring (bicyclic) bond motifs is 1. The van der Waals surface area contributed by atoms with E-state index in [1.807, 2.05) is 18.2 Å².